The van der Waals surface area contributed by atoms with Crippen LogP contribution in [0.4, 0.5) is 0 Å². The van der Waals surface area contributed by atoms with Gasteiger partial charge in [0.15, 0.2) is 0 Å². The molecule has 12 heteroatoms. The van der Waals surface area contributed by atoms with E-state index in [4.69, 9.17) is 52.5 Å². The number of carbonyl (C=O) groups excluding carboxylic acids is 1. The predicted molar refractivity (Wildman–Crippen MR) is 176 cm³/mol. The number of ether oxygens (including phenoxy) is 10. The molecule has 0 aromatic rings. The summed E-state index contributed by atoms with van der Waals surface area (Å²) in [6.07, 6.45) is 14.4. The van der Waals surface area contributed by atoms with Crippen LogP contribution in [0.25, 0.3) is 0 Å². The van der Waals surface area contributed by atoms with Gasteiger partial charge in [-0.25, -0.2) is 0 Å². The van der Waals surface area contributed by atoms with Crippen molar-refractivity contribution in [3.63, 3.8) is 0 Å². The highest BCUT2D eigenvalue weighted by molar-refractivity contribution is 5.69. The van der Waals surface area contributed by atoms with Gasteiger partial charge in [0, 0.05) is 6.42 Å². The number of carbonyl (C=O) groups is 1. The molecule has 0 bridgehead atoms. The van der Waals surface area contributed by atoms with Gasteiger partial charge in [0.05, 0.1) is 126 Å². The van der Waals surface area contributed by atoms with Gasteiger partial charge in [0.2, 0.25) is 0 Å². The van der Waals surface area contributed by atoms with Crippen molar-refractivity contribution in [3.05, 3.63) is 0 Å². The third-order valence-electron chi connectivity index (χ3n) is 6.69. The topological polar surface area (TPSA) is 130 Å². The molecule has 1 N–H and O–H groups in total. The van der Waals surface area contributed by atoms with Crippen LogP contribution in [0.5, 0.6) is 0 Å². The van der Waals surface area contributed by atoms with E-state index in [1.54, 1.807) is 0 Å². The molecule has 0 rings (SSSR count). The predicted octanol–water partition coefficient (Wildman–Crippen LogP) is 4.37. The molecule has 0 unspecified atom stereocenters. The number of aliphatic hydroxyl groups is 1. The summed E-state index contributed by atoms with van der Waals surface area (Å²) in [5.41, 5.74) is 0. The summed E-state index contributed by atoms with van der Waals surface area (Å²) in [4.78, 5) is 11.8. The van der Waals surface area contributed by atoms with Gasteiger partial charge in [0.1, 0.15) is 6.61 Å². The number of hydrogen-bond acceptors (Lipinski definition) is 12. The molecular formula is C34H68O12. The molecule has 276 valence electrons. The van der Waals surface area contributed by atoms with Crippen molar-refractivity contribution in [3.8, 4) is 0 Å². The van der Waals surface area contributed by atoms with Crippen LogP contribution < -0.4 is 0 Å². The first-order valence-electron chi connectivity index (χ1n) is 17.8. The van der Waals surface area contributed by atoms with Crippen LogP contribution >= 0.6 is 0 Å². The Hall–Kier alpha value is -0.930. The standard InChI is InChI=1S/C34H68O12/c1-2-3-4-5-6-7-8-9-10-11-12-13-34(36)46-33-32-45-31-30-44-29-28-43-27-26-42-25-24-41-23-22-40-21-20-39-19-18-38-17-16-37-15-14-35/h35H,2-33H2,1H3. The van der Waals surface area contributed by atoms with E-state index >= 15 is 0 Å². The van der Waals surface area contributed by atoms with Crippen molar-refractivity contribution in [1.29, 1.82) is 0 Å². The molecule has 0 saturated heterocycles. The summed E-state index contributed by atoms with van der Waals surface area (Å²) in [7, 11) is 0. The maximum absolute atomic E-state index is 11.8. The highest BCUT2D eigenvalue weighted by Gasteiger charge is 2.03. The number of rotatable bonds is 41. The number of esters is 1. The van der Waals surface area contributed by atoms with Crippen LogP contribution in [0.15, 0.2) is 0 Å². The summed E-state index contributed by atoms with van der Waals surface area (Å²) in [6.45, 7) is 11.2. The molecule has 0 aromatic heterocycles. The van der Waals surface area contributed by atoms with Crippen LogP contribution in [-0.2, 0) is 52.2 Å². The molecule has 0 aliphatic rings. The minimum absolute atomic E-state index is 0.0248. The second-order valence-electron chi connectivity index (χ2n) is 10.7. The molecule has 0 aliphatic heterocycles. The Bertz CT molecular complexity index is 570. The normalized spacial score (nSPS) is 11.4. The SMILES string of the molecule is CCCCCCCCCCCCCC(=O)OCCOCCOCCOCCOCCOCCOCCOCCOCCOCCO. The minimum atomic E-state index is -0.134. The van der Waals surface area contributed by atoms with Crippen molar-refractivity contribution >= 4 is 5.97 Å². The van der Waals surface area contributed by atoms with Crippen molar-refractivity contribution in [2.45, 2.75) is 84.0 Å². The third kappa shape index (κ3) is 41.1. The van der Waals surface area contributed by atoms with Gasteiger partial charge < -0.3 is 52.5 Å². The van der Waals surface area contributed by atoms with E-state index in [0.717, 1.165) is 12.8 Å². The summed E-state index contributed by atoms with van der Waals surface area (Å²) in [5.74, 6) is -0.134. The molecule has 12 nitrogen and oxygen atoms in total. The number of unbranched alkanes of at least 4 members (excludes halogenated alkanes) is 10. The number of aliphatic hydroxyl groups excluding tert-OH is 1. The van der Waals surface area contributed by atoms with Gasteiger partial charge in [-0.15, -0.1) is 0 Å². The zero-order valence-corrected chi connectivity index (χ0v) is 29.1. The van der Waals surface area contributed by atoms with Crippen LogP contribution in [0.3, 0.4) is 0 Å². The molecule has 0 saturated carbocycles. The van der Waals surface area contributed by atoms with E-state index in [-0.39, 0.29) is 19.2 Å². The summed E-state index contributed by atoms with van der Waals surface area (Å²) < 4.78 is 53.8. The average molecular weight is 669 g/mol. The average Bonchev–Trinajstić information content (AvgIpc) is 3.06. The Balaban J connectivity index is 3.11. The Morgan fingerprint density at radius 2 is 0.630 bits per heavy atom. The minimum Gasteiger partial charge on any atom is -0.463 e. The molecular weight excluding hydrogens is 600 g/mol. The van der Waals surface area contributed by atoms with Gasteiger partial charge in [-0.05, 0) is 6.42 Å². The maximum Gasteiger partial charge on any atom is 0.305 e. The highest BCUT2D eigenvalue weighted by atomic mass is 16.6. The van der Waals surface area contributed by atoms with E-state index in [2.05, 4.69) is 6.92 Å². The molecule has 0 amide bonds. The molecule has 0 spiro atoms. The Labute approximate surface area is 279 Å². The van der Waals surface area contributed by atoms with Crippen LogP contribution in [0.1, 0.15) is 84.0 Å². The van der Waals surface area contributed by atoms with Gasteiger partial charge in [-0.2, -0.15) is 0 Å². The van der Waals surface area contributed by atoms with Gasteiger partial charge in [-0.3, -0.25) is 4.79 Å². The lowest BCUT2D eigenvalue weighted by atomic mass is 10.1. The lowest BCUT2D eigenvalue weighted by Gasteiger charge is -2.09. The van der Waals surface area contributed by atoms with E-state index < -0.39 is 0 Å². The summed E-state index contributed by atoms with van der Waals surface area (Å²) >= 11 is 0. The lowest BCUT2D eigenvalue weighted by Crippen LogP contribution is -2.15. The zero-order valence-electron chi connectivity index (χ0n) is 29.1. The van der Waals surface area contributed by atoms with Crippen LogP contribution in [-0.4, -0.2) is 143 Å². The summed E-state index contributed by atoms with van der Waals surface area (Å²) in [6, 6.07) is 0. The van der Waals surface area contributed by atoms with Gasteiger partial charge in [-0.1, -0.05) is 71.1 Å². The number of hydrogen-bond donors (Lipinski definition) is 1. The largest absolute Gasteiger partial charge is 0.463 e. The highest BCUT2D eigenvalue weighted by Crippen LogP contribution is 2.12. The molecule has 0 radical (unpaired) electrons. The molecule has 0 heterocycles. The second-order valence-corrected chi connectivity index (χ2v) is 10.7. The second kappa shape index (κ2) is 42.1. The van der Waals surface area contributed by atoms with E-state index in [1.165, 1.54) is 57.8 Å². The van der Waals surface area contributed by atoms with E-state index in [9.17, 15) is 4.79 Å². The smallest absolute Gasteiger partial charge is 0.305 e. The van der Waals surface area contributed by atoms with E-state index in [0.29, 0.717) is 125 Å². The van der Waals surface area contributed by atoms with E-state index in [1.807, 2.05) is 0 Å². The van der Waals surface area contributed by atoms with Gasteiger partial charge >= 0.3 is 5.97 Å². The van der Waals surface area contributed by atoms with Crippen molar-refractivity contribution in [1.82, 2.24) is 0 Å². The quantitative estimate of drug-likeness (QED) is 0.0734. The first kappa shape index (κ1) is 45.1. The summed E-state index contributed by atoms with van der Waals surface area (Å²) in [5, 5.41) is 8.58. The first-order valence-corrected chi connectivity index (χ1v) is 17.8. The Morgan fingerprint density at radius 1 is 0.370 bits per heavy atom. The van der Waals surface area contributed by atoms with Crippen LogP contribution in [0.2, 0.25) is 0 Å². The first-order chi connectivity index (χ1) is 22.8. The monoisotopic (exact) mass is 668 g/mol. The lowest BCUT2D eigenvalue weighted by molar-refractivity contribution is -0.145. The van der Waals surface area contributed by atoms with Crippen molar-refractivity contribution < 1.29 is 57.3 Å². The van der Waals surface area contributed by atoms with Crippen LogP contribution in [0, 0.1) is 0 Å². The molecule has 46 heavy (non-hydrogen) atoms. The fourth-order valence-corrected chi connectivity index (χ4v) is 4.15. The zero-order chi connectivity index (χ0) is 33.3. The molecule has 0 atom stereocenters. The third-order valence-corrected chi connectivity index (χ3v) is 6.69. The fraction of sp³-hybridized carbons (Fsp3) is 0.971. The Kier molecular flexibility index (Phi) is 41.2. The van der Waals surface area contributed by atoms with Gasteiger partial charge in [0.25, 0.3) is 0 Å². The Morgan fingerprint density at radius 3 is 0.935 bits per heavy atom. The van der Waals surface area contributed by atoms with Crippen molar-refractivity contribution in [2.75, 3.05) is 132 Å². The molecule has 0 aliphatic carbocycles. The maximum atomic E-state index is 11.8. The van der Waals surface area contributed by atoms with Crippen molar-refractivity contribution in [2.24, 2.45) is 0 Å². The molecule has 0 fully saturated rings. The molecule has 0 aromatic carbocycles. The fourth-order valence-electron chi connectivity index (χ4n) is 4.15.